The van der Waals surface area contributed by atoms with Crippen LogP contribution in [0.1, 0.15) is 5.56 Å². The third-order valence-electron chi connectivity index (χ3n) is 2.92. The topological polar surface area (TPSA) is 47.9 Å². The third kappa shape index (κ3) is 3.11. The van der Waals surface area contributed by atoms with E-state index in [9.17, 15) is 4.39 Å². The van der Waals surface area contributed by atoms with Crippen molar-refractivity contribution >= 4 is 22.9 Å². The number of halogens is 1. The molecule has 0 atom stereocenters. The van der Waals surface area contributed by atoms with Gasteiger partial charge in [-0.05, 0) is 30.3 Å². The first-order valence-electron chi connectivity index (χ1n) is 6.29. The molecule has 0 bridgehead atoms. The Labute approximate surface area is 125 Å². The van der Waals surface area contributed by atoms with Crippen LogP contribution in [0.5, 0.6) is 5.75 Å². The Hall–Kier alpha value is -2.21. The molecule has 0 aliphatic rings. The van der Waals surface area contributed by atoms with Crippen LogP contribution >= 0.6 is 11.8 Å². The summed E-state index contributed by atoms with van der Waals surface area (Å²) in [4.78, 5) is 12.8. The summed E-state index contributed by atoms with van der Waals surface area (Å²) in [6.45, 7) is 0. The second-order valence-electron chi connectivity index (χ2n) is 4.29. The number of methoxy groups -OCH3 is 1. The van der Waals surface area contributed by atoms with E-state index in [1.807, 2.05) is 12.1 Å². The van der Waals surface area contributed by atoms with Crippen molar-refractivity contribution in [2.75, 3.05) is 7.11 Å². The molecule has 0 fully saturated rings. The number of aromatic nitrogens is 3. The Balaban J connectivity index is 1.81. The van der Waals surface area contributed by atoms with Crippen molar-refractivity contribution in [1.82, 2.24) is 15.0 Å². The van der Waals surface area contributed by atoms with Crippen LogP contribution in [-0.4, -0.2) is 22.1 Å². The van der Waals surface area contributed by atoms with Crippen LogP contribution in [0.4, 0.5) is 4.39 Å². The number of thioether (sulfide) groups is 1. The average molecular weight is 301 g/mol. The van der Waals surface area contributed by atoms with E-state index in [0.29, 0.717) is 17.1 Å². The Morgan fingerprint density at radius 3 is 2.86 bits per heavy atom. The fourth-order valence-electron chi connectivity index (χ4n) is 1.93. The lowest BCUT2D eigenvalue weighted by Gasteiger charge is -2.08. The highest BCUT2D eigenvalue weighted by Gasteiger charge is 2.07. The number of pyridine rings is 1. The van der Waals surface area contributed by atoms with E-state index >= 15 is 0 Å². The van der Waals surface area contributed by atoms with E-state index in [-0.39, 0.29) is 5.82 Å². The van der Waals surface area contributed by atoms with Crippen LogP contribution in [0, 0.1) is 5.82 Å². The fraction of sp³-hybridized carbons (Fsp3) is 0.133. The van der Waals surface area contributed by atoms with E-state index in [0.717, 1.165) is 16.1 Å². The van der Waals surface area contributed by atoms with Gasteiger partial charge in [0.15, 0.2) is 5.65 Å². The summed E-state index contributed by atoms with van der Waals surface area (Å²) in [6.07, 6.45) is 3.24. The van der Waals surface area contributed by atoms with Crippen LogP contribution in [0.25, 0.3) is 11.2 Å². The van der Waals surface area contributed by atoms with Crippen molar-refractivity contribution in [3.8, 4) is 5.75 Å². The van der Waals surface area contributed by atoms with E-state index in [2.05, 4.69) is 15.0 Å². The predicted octanol–water partition coefficient (Wildman–Crippen LogP) is 3.46. The van der Waals surface area contributed by atoms with Crippen molar-refractivity contribution in [2.45, 2.75) is 10.8 Å². The molecule has 0 N–H and O–H groups in total. The van der Waals surface area contributed by atoms with E-state index in [1.54, 1.807) is 25.6 Å². The highest BCUT2D eigenvalue weighted by atomic mass is 32.2. The molecule has 1 aromatic carbocycles. The van der Waals surface area contributed by atoms with Gasteiger partial charge in [0.25, 0.3) is 0 Å². The van der Waals surface area contributed by atoms with Crippen LogP contribution < -0.4 is 4.74 Å². The minimum absolute atomic E-state index is 0.274. The second kappa shape index (κ2) is 6.05. The fourth-order valence-corrected chi connectivity index (χ4v) is 2.77. The lowest BCUT2D eigenvalue weighted by molar-refractivity contribution is 0.410. The monoisotopic (exact) mass is 301 g/mol. The molecule has 0 saturated carbocycles. The van der Waals surface area contributed by atoms with Gasteiger partial charge in [-0.1, -0.05) is 0 Å². The maximum absolute atomic E-state index is 13.3. The Bertz CT molecular complexity index is 782. The molecule has 0 radical (unpaired) electrons. The van der Waals surface area contributed by atoms with Crippen molar-refractivity contribution in [2.24, 2.45) is 0 Å². The second-order valence-corrected chi connectivity index (χ2v) is 5.29. The summed E-state index contributed by atoms with van der Waals surface area (Å²) >= 11 is 1.50. The molecule has 3 rings (SSSR count). The highest BCUT2D eigenvalue weighted by Crippen LogP contribution is 2.28. The van der Waals surface area contributed by atoms with Gasteiger partial charge in [0.2, 0.25) is 0 Å². The summed E-state index contributed by atoms with van der Waals surface area (Å²) in [5.74, 6) is 0.966. The van der Waals surface area contributed by atoms with Crippen LogP contribution in [0.2, 0.25) is 0 Å². The molecule has 0 spiro atoms. The Morgan fingerprint density at radius 1 is 1.14 bits per heavy atom. The van der Waals surface area contributed by atoms with Crippen molar-refractivity contribution < 1.29 is 9.13 Å². The minimum Gasteiger partial charge on any atom is -0.496 e. The normalized spacial score (nSPS) is 10.8. The van der Waals surface area contributed by atoms with Gasteiger partial charge in [0.1, 0.15) is 17.1 Å². The summed E-state index contributed by atoms with van der Waals surface area (Å²) in [5.41, 5.74) is 2.16. The summed E-state index contributed by atoms with van der Waals surface area (Å²) in [6, 6.07) is 8.25. The van der Waals surface area contributed by atoms with Crippen molar-refractivity contribution in [3.05, 3.63) is 54.1 Å². The van der Waals surface area contributed by atoms with Crippen LogP contribution in [0.3, 0.4) is 0 Å². The van der Waals surface area contributed by atoms with Gasteiger partial charge in [-0.3, -0.25) is 4.98 Å². The largest absolute Gasteiger partial charge is 0.496 e. The van der Waals surface area contributed by atoms with Crippen molar-refractivity contribution in [3.63, 3.8) is 0 Å². The minimum atomic E-state index is -0.274. The van der Waals surface area contributed by atoms with Gasteiger partial charge >= 0.3 is 0 Å². The first-order valence-corrected chi connectivity index (χ1v) is 7.28. The zero-order chi connectivity index (χ0) is 14.7. The number of rotatable bonds is 4. The smallest absolute Gasteiger partial charge is 0.179 e. The van der Waals surface area contributed by atoms with E-state index in [1.165, 1.54) is 23.9 Å². The van der Waals surface area contributed by atoms with Gasteiger partial charge in [-0.15, -0.1) is 11.8 Å². The third-order valence-corrected chi connectivity index (χ3v) is 3.90. The summed E-state index contributed by atoms with van der Waals surface area (Å²) in [7, 11) is 1.57. The maximum Gasteiger partial charge on any atom is 0.179 e. The number of hydrogen-bond donors (Lipinski definition) is 0. The highest BCUT2D eigenvalue weighted by molar-refractivity contribution is 7.98. The maximum atomic E-state index is 13.3. The molecule has 0 saturated heterocycles. The van der Waals surface area contributed by atoms with Gasteiger partial charge in [0.05, 0.1) is 12.1 Å². The molecule has 3 aromatic rings. The van der Waals surface area contributed by atoms with Gasteiger partial charge in [-0.2, -0.15) is 0 Å². The van der Waals surface area contributed by atoms with E-state index in [4.69, 9.17) is 4.74 Å². The molecular weight excluding hydrogens is 289 g/mol. The van der Waals surface area contributed by atoms with Gasteiger partial charge < -0.3 is 4.74 Å². The predicted molar refractivity (Wildman–Crippen MR) is 79.8 cm³/mol. The molecule has 4 nitrogen and oxygen atoms in total. The molecule has 2 aromatic heterocycles. The number of ether oxygens (including phenoxy) is 1. The average Bonchev–Trinajstić information content (AvgIpc) is 2.53. The molecule has 6 heteroatoms. The molecule has 0 unspecified atom stereocenters. The molecule has 0 amide bonds. The van der Waals surface area contributed by atoms with Crippen LogP contribution in [0.15, 0.2) is 47.8 Å². The number of hydrogen-bond acceptors (Lipinski definition) is 5. The van der Waals surface area contributed by atoms with Gasteiger partial charge in [0, 0.05) is 23.7 Å². The van der Waals surface area contributed by atoms with E-state index < -0.39 is 0 Å². The Kier molecular flexibility index (Phi) is 3.96. The first kappa shape index (κ1) is 13.8. The standard InChI is InChI=1S/C15H12FN3OS/c1-20-13-4-2-11(16)8-10(13)9-21-14-5-3-12-15(19-14)18-7-6-17-12/h2-8H,9H2,1H3. The zero-order valence-corrected chi connectivity index (χ0v) is 12.1. The van der Waals surface area contributed by atoms with Crippen LogP contribution in [-0.2, 0) is 5.75 Å². The molecule has 0 aliphatic carbocycles. The lowest BCUT2D eigenvalue weighted by Crippen LogP contribution is -1.93. The summed E-state index contributed by atoms with van der Waals surface area (Å²) in [5, 5.41) is 0.814. The molecule has 106 valence electrons. The van der Waals surface area contributed by atoms with Crippen molar-refractivity contribution in [1.29, 1.82) is 0 Å². The molecule has 2 heterocycles. The Morgan fingerprint density at radius 2 is 2.00 bits per heavy atom. The molecule has 0 aliphatic heterocycles. The number of nitrogens with zero attached hydrogens (tertiary/aromatic N) is 3. The SMILES string of the molecule is COc1ccc(F)cc1CSc1ccc2nccnc2n1. The first-order chi connectivity index (χ1) is 10.3. The number of fused-ring (bicyclic) bond motifs is 1. The lowest BCUT2D eigenvalue weighted by atomic mass is 10.2. The summed E-state index contributed by atoms with van der Waals surface area (Å²) < 4.78 is 18.6. The molecular formula is C15H12FN3OS. The zero-order valence-electron chi connectivity index (χ0n) is 11.3. The molecule has 21 heavy (non-hydrogen) atoms. The quantitative estimate of drug-likeness (QED) is 0.691. The van der Waals surface area contributed by atoms with Gasteiger partial charge in [-0.25, -0.2) is 14.4 Å². The number of benzene rings is 1.